The number of amides is 1. The molecule has 1 amide bonds. The second kappa shape index (κ2) is 7.46. The Kier molecular flexibility index (Phi) is 4.43. The van der Waals surface area contributed by atoms with Crippen LogP contribution >= 0.6 is 0 Å². The van der Waals surface area contributed by atoms with Gasteiger partial charge in [-0.15, -0.1) is 0 Å². The van der Waals surface area contributed by atoms with Crippen LogP contribution in [-0.2, 0) is 19.5 Å². The number of carbonyl (C=O) groups is 1. The SMILES string of the molecule is Cc1ccc2c(-c3ccc(Nc4ccc5c(n4)CCCNC5)c4c3CNC4=O)cnn2c1. The smallest absolute Gasteiger partial charge is 0.254 e. The third kappa shape index (κ3) is 3.13. The first-order chi connectivity index (χ1) is 15.7. The van der Waals surface area contributed by atoms with Crippen LogP contribution in [0.1, 0.15) is 39.2 Å². The van der Waals surface area contributed by atoms with Crippen molar-refractivity contribution in [1.29, 1.82) is 0 Å². The molecule has 160 valence electrons. The largest absolute Gasteiger partial charge is 0.348 e. The Morgan fingerprint density at radius 3 is 2.94 bits per heavy atom. The zero-order valence-corrected chi connectivity index (χ0v) is 17.9. The van der Waals surface area contributed by atoms with Gasteiger partial charge >= 0.3 is 0 Å². The lowest BCUT2D eigenvalue weighted by Crippen LogP contribution is -2.14. The molecule has 7 nitrogen and oxygen atoms in total. The fourth-order valence-corrected chi connectivity index (χ4v) is 4.72. The van der Waals surface area contributed by atoms with Crippen LogP contribution in [0.3, 0.4) is 0 Å². The zero-order chi connectivity index (χ0) is 21.7. The van der Waals surface area contributed by atoms with Crippen molar-refractivity contribution in [3.05, 3.63) is 76.7 Å². The molecule has 32 heavy (non-hydrogen) atoms. The Labute approximate surface area is 185 Å². The van der Waals surface area contributed by atoms with Gasteiger partial charge in [-0.1, -0.05) is 18.2 Å². The van der Waals surface area contributed by atoms with Gasteiger partial charge in [0.15, 0.2) is 0 Å². The van der Waals surface area contributed by atoms with Crippen molar-refractivity contribution >= 4 is 22.9 Å². The number of rotatable bonds is 3. The first-order valence-electron chi connectivity index (χ1n) is 11.0. The van der Waals surface area contributed by atoms with Crippen LogP contribution in [0.2, 0.25) is 0 Å². The molecule has 3 N–H and O–H groups in total. The Morgan fingerprint density at radius 2 is 2.00 bits per heavy atom. The lowest BCUT2D eigenvalue weighted by atomic mass is 9.96. The summed E-state index contributed by atoms with van der Waals surface area (Å²) in [5, 5.41) is 14.4. The van der Waals surface area contributed by atoms with E-state index in [9.17, 15) is 4.79 Å². The average Bonchev–Trinajstić information content (AvgIpc) is 3.30. The summed E-state index contributed by atoms with van der Waals surface area (Å²) in [7, 11) is 0. The van der Waals surface area contributed by atoms with Gasteiger partial charge in [-0.05, 0) is 66.8 Å². The number of pyridine rings is 2. The van der Waals surface area contributed by atoms with Gasteiger partial charge in [-0.2, -0.15) is 5.10 Å². The molecule has 0 atom stereocenters. The normalized spacial score (nSPS) is 15.2. The van der Waals surface area contributed by atoms with Crippen molar-refractivity contribution in [2.24, 2.45) is 0 Å². The lowest BCUT2D eigenvalue weighted by Gasteiger charge is -2.14. The van der Waals surface area contributed by atoms with E-state index in [0.29, 0.717) is 12.1 Å². The molecule has 7 heteroatoms. The fourth-order valence-electron chi connectivity index (χ4n) is 4.72. The van der Waals surface area contributed by atoms with E-state index in [1.165, 1.54) is 5.56 Å². The maximum absolute atomic E-state index is 12.8. The maximum Gasteiger partial charge on any atom is 0.254 e. The van der Waals surface area contributed by atoms with Gasteiger partial charge in [-0.3, -0.25) is 4.79 Å². The molecule has 3 aromatic heterocycles. The number of carbonyl (C=O) groups excluding carboxylic acids is 1. The molecule has 2 aliphatic heterocycles. The Bertz CT molecular complexity index is 1370. The summed E-state index contributed by atoms with van der Waals surface area (Å²) < 4.78 is 1.89. The molecule has 0 aliphatic carbocycles. The van der Waals surface area contributed by atoms with E-state index in [2.05, 4.69) is 52.2 Å². The van der Waals surface area contributed by atoms with Gasteiger partial charge in [0.25, 0.3) is 5.91 Å². The minimum absolute atomic E-state index is 0.0596. The van der Waals surface area contributed by atoms with Gasteiger partial charge in [0.05, 0.1) is 23.0 Å². The molecule has 2 aliphatic rings. The maximum atomic E-state index is 12.8. The standard InChI is InChI=1S/C25H24N6O/c1-15-4-8-22-18(13-28-31(22)14-15)17-6-7-21(24-19(17)12-27-25(24)32)30-23-9-5-16-11-26-10-2-3-20(16)29-23/h4-9,13-14,26H,2-3,10-12H2,1H3,(H,27,32)(H,29,30). The van der Waals surface area contributed by atoms with Crippen molar-refractivity contribution in [1.82, 2.24) is 25.2 Å². The number of aromatic nitrogens is 3. The molecule has 6 rings (SSSR count). The van der Waals surface area contributed by atoms with Crippen molar-refractivity contribution in [2.45, 2.75) is 32.9 Å². The summed E-state index contributed by atoms with van der Waals surface area (Å²) in [6.07, 6.45) is 5.93. The first-order valence-corrected chi connectivity index (χ1v) is 11.0. The third-order valence-electron chi connectivity index (χ3n) is 6.33. The van der Waals surface area contributed by atoms with Gasteiger partial charge in [-0.25, -0.2) is 9.50 Å². The first kappa shape index (κ1) is 19.0. The quantitative estimate of drug-likeness (QED) is 0.467. The Balaban J connectivity index is 1.41. The van der Waals surface area contributed by atoms with Crippen LogP contribution in [0.4, 0.5) is 11.5 Å². The number of hydrogen-bond acceptors (Lipinski definition) is 5. The van der Waals surface area contributed by atoms with Crippen molar-refractivity contribution in [3.8, 4) is 11.1 Å². The topological polar surface area (TPSA) is 83.4 Å². The van der Waals surface area contributed by atoms with Gasteiger partial charge in [0.2, 0.25) is 0 Å². The molecule has 0 radical (unpaired) electrons. The predicted octanol–water partition coefficient (Wildman–Crippen LogP) is 3.73. The summed E-state index contributed by atoms with van der Waals surface area (Å²) in [5.41, 5.74) is 9.07. The van der Waals surface area contributed by atoms with E-state index < -0.39 is 0 Å². The number of aryl methyl sites for hydroxylation is 2. The summed E-state index contributed by atoms with van der Waals surface area (Å²) in [6.45, 7) is 4.42. The second-order valence-corrected chi connectivity index (χ2v) is 8.50. The minimum Gasteiger partial charge on any atom is -0.348 e. The van der Waals surface area contributed by atoms with Crippen LogP contribution in [0.15, 0.2) is 48.8 Å². The van der Waals surface area contributed by atoms with Gasteiger partial charge in [0.1, 0.15) is 5.82 Å². The molecule has 4 aromatic rings. The van der Waals surface area contributed by atoms with Crippen molar-refractivity contribution in [3.63, 3.8) is 0 Å². The molecule has 0 fully saturated rings. The van der Waals surface area contributed by atoms with Crippen molar-refractivity contribution < 1.29 is 4.79 Å². The highest BCUT2D eigenvalue weighted by Gasteiger charge is 2.27. The van der Waals surface area contributed by atoms with Crippen LogP contribution in [-0.4, -0.2) is 27.0 Å². The highest BCUT2D eigenvalue weighted by atomic mass is 16.1. The summed E-state index contributed by atoms with van der Waals surface area (Å²) in [5.74, 6) is 0.711. The Hall–Kier alpha value is -3.71. The molecule has 1 aromatic carbocycles. The zero-order valence-electron chi connectivity index (χ0n) is 17.9. The van der Waals surface area contributed by atoms with Crippen molar-refractivity contribution in [2.75, 3.05) is 11.9 Å². The lowest BCUT2D eigenvalue weighted by molar-refractivity contribution is 0.0966. The Morgan fingerprint density at radius 1 is 1.06 bits per heavy atom. The van der Waals surface area contributed by atoms with E-state index in [4.69, 9.17) is 4.98 Å². The molecular formula is C25H24N6O. The van der Waals surface area contributed by atoms with Crippen LogP contribution < -0.4 is 16.0 Å². The fraction of sp³-hybridized carbons (Fsp3) is 0.240. The van der Waals surface area contributed by atoms with Crippen LogP contribution in [0, 0.1) is 6.92 Å². The van der Waals surface area contributed by atoms with Crippen LogP contribution in [0.25, 0.3) is 16.6 Å². The number of hydrogen-bond donors (Lipinski definition) is 3. The molecule has 0 unspecified atom stereocenters. The van der Waals surface area contributed by atoms with E-state index >= 15 is 0 Å². The third-order valence-corrected chi connectivity index (χ3v) is 6.33. The molecule has 0 bridgehead atoms. The van der Waals surface area contributed by atoms with Gasteiger partial charge < -0.3 is 16.0 Å². The second-order valence-electron chi connectivity index (χ2n) is 8.50. The monoisotopic (exact) mass is 424 g/mol. The number of fused-ring (bicyclic) bond motifs is 3. The summed E-state index contributed by atoms with van der Waals surface area (Å²) >= 11 is 0. The number of nitrogens with one attached hydrogen (secondary N) is 3. The van der Waals surface area contributed by atoms with E-state index in [1.807, 2.05) is 29.0 Å². The highest BCUT2D eigenvalue weighted by Crippen LogP contribution is 2.36. The average molecular weight is 425 g/mol. The molecule has 0 saturated carbocycles. The summed E-state index contributed by atoms with van der Waals surface area (Å²) in [4.78, 5) is 17.6. The molecular weight excluding hydrogens is 400 g/mol. The van der Waals surface area contributed by atoms with E-state index in [1.54, 1.807) is 0 Å². The minimum atomic E-state index is -0.0596. The predicted molar refractivity (Wildman–Crippen MR) is 124 cm³/mol. The number of anilines is 2. The van der Waals surface area contributed by atoms with E-state index in [-0.39, 0.29) is 5.91 Å². The summed E-state index contributed by atoms with van der Waals surface area (Å²) in [6, 6.07) is 12.3. The van der Waals surface area contributed by atoms with E-state index in [0.717, 1.165) is 70.9 Å². The molecule has 0 spiro atoms. The molecule has 5 heterocycles. The highest BCUT2D eigenvalue weighted by molar-refractivity contribution is 6.06. The van der Waals surface area contributed by atoms with Gasteiger partial charge in [0, 0.05) is 30.5 Å². The molecule has 0 saturated heterocycles. The number of benzene rings is 1. The number of nitrogens with zero attached hydrogens (tertiary/aromatic N) is 3. The van der Waals surface area contributed by atoms with Crippen LogP contribution in [0.5, 0.6) is 0 Å².